The summed E-state index contributed by atoms with van der Waals surface area (Å²) in [5.74, 6) is -0.124. The van der Waals surface area contributed by atoms with Gasteiger partial charge in [-0.2, -0.15) is 0 Å². The molecule has 6 heteroatoms. The van der Waals surface area contributed by atoms with Crippen molar-refractivity contribution >= 4 is 23.2 Å². The topological polar surface area (TPSA) is 40.6 Å². The van der Waals surface area contributed by atoms with Gasteiger partial charge in [0.1, 0.15) is 12.4 Å². The molecule has 2 atom stereocenters. The van der Waals surface area contributed by atoms with E-state index >= 15 is 0 Å². The standard InChI is InChI=1S/C24H29FN2O2S/c1-3-16(2)27(24(29)18-5-4-6-18)15-22(28)26-13-11-21-20(12-14-30-21)23(26)17-7-9-19(25)10-8-17/h7-10,12,14,16,18,23H,3-6,11,13,15H2,1-2H3/t16-,23-/m1/s1. The molecule has 0 saturated heterocycles. The van der Waals surface area contributed by atoms with Crippen molar-refractivity contribution in [1.29, 1.82) is 0 Å². The number of carbonyl (C=O) groups is 2. The van der Waals surface area contributed by atoms with Crippen LogP contribution < -0.4 is 0 Å². The van der Waals surface area contributed by atoms with Crippen LogP contribution in [0.5, 0.6) is 0 Å². The summed E-state index contributed by atoms with van der Waals surface area (Å²) in [4.78, 5) is 31.5. The number of benzene rings is 1. The summed E-state index contributed by atoms with van der Waals surface area (Å²) in [5, 5.41) is 2.06. The molecule has 0 radical (unpaired) electrons. The first kappa shape index (κ1) is 21.0. The van der Waals surface area contributed by atoms with Gasteiger partial charge in [-0.25, -0.2) is 4.39 Å². The van der Waals surface area contributed by atoms with Crippen molar-refractivity contribution in [3.05, 3.63) is 57.5 Å². The third-order valence-electron chi connectivity index (χ3n) is 6.64. The van der Waals surface area contributed by atoms with Gasteiger partial charge in [0, 0.05) is 23.4 Å². The van der Waals surface area contributed by atoms with Crippen molar-refractivity contribution in [2.75, 3.05) is 13.1 Å². The highest BCUT2D eigenvalue weighted by atomic mass is 32.1. The summed E-state index contributed by atoms with van der Waals surface area (Å²) >= 11 is 1.71. The monoisotopic (exact) mass is 428 g/mol. The maximum atomic E-state index is 13.5. The van der Waals surface area contributed by atoms with E-state index in [4.69, 9.17) is 0 Å². The van der Waals surface area contributed by atoms with Gasteiger partial charge in [0.2, 0.25) is 11.8 Å². The second-order valence-corrected chi connectivity index (χ2v) is 9.44. The van der Waals surface area contributed by atoms with Gasteiger partial charge in [0.05, 0.1) is 6.04 Å². The van der Waals surface area contributed by atoms with Crippen molar-refractivity contribution in [2.45, 2.75) is 58.0 Å². The highest BCUT2D eigenvalue weighted by Gasteiger charge is 2.37. The Kier molecular flexibility index (Phi) is 6.23. The van der Waals surface area contributed by atoms with Crippen LogP contribution in [0.1, 0.15) is 61.6 Å². The van der Waals surface area contributed by atoms with Crippen LogP contribution in [0.3, 0.4) is 0 Å². The second-order valence-electron chi connectivity index (χ2n) is 8.44. The van der Waals surface area contributed by atoms with Gasteiger partial charge in [0.15, 0.2) is 0 Å². The highest BCUT2D eigenvalue weighted by Crippen LogP contribution is 2.38. The van der Waals surface area contributed by atoms with Crippen molar-refractivity contribution in [3.63, 3.8) is 0 Å². The van der Waals surface area contributed by atoms with Crippen LogP contribution in [0.2, 0.25) is 0 Å². The predicted molar refractivity (Wildman–Crippen MR) is 117 cm³/mol. The van der Waals surface area contributed by atoms with Gasteiger partial charge in [0.25, 0.3) is 0 Å². The fraction of sp³-hybridized carbons (Fsp3) is 0.500. The van der Waals surface area contributed by atoms with E-state index < -0.39 is 0 Å². The maximum absolute atomic E-state index is 13.5. The number of hydrogen-bond acceptors (Lipinski definition) is 3. The zero-order valence-corrected chi connectivity index (χ0v) is 18.5. The second kappa shape index (κ2) is 8.88. The Hall–Kier alpha value is -2.21. The average Bonchev–Trinajstić information content (AvgIpc) is 3.18. The van der Waals surface area contributed by atoms with Crippen LogP contribution in [0.25, 0.3) is 0 Å². The van der Waals surface area contributed by atoms with Gasteiger partial charge in [-0.15, -0.1) is 11.3 Å². The Labute approximate surface area is 181 Å². The molecule has 1 aliphatic heterocycles. The summed E-state index contributed by atoms with van der Waals surface area (Å²) in [6.45, 7) is 4.80. The molecular weight excluding hydrogens is 399 g/mol. The fourth-order valence-electron chi connectivity index (χ4n) is 4.39. The molecule has 0 unspecified atom stereocenters. The molecule has 0 spiro atoms. The Morgan fingerprint density at radius 1 is 1.23 bits per heavy atom. The summed E-state index contributed by atoms with van der Waals surface area (Å²) < 4.78 is 13.5. The van der Waals surface area contributed by atoms with Crippen molar-refractivity contribution in [3.8, 4) is 0 Å². The normalized spacial score (nSPS) is 19.7. The molecule has 4 nitrogen and oxygen atoms in total. The first-order valence-corrected chi connectivity index (χ1v) is 11.8. The lowest BCUT2D eigenvalue weighted by Gasteiger charge is -2.40. The van der Waals surface area contributed by atoms with Crippen molar-refractivity contribution < 1.29 is 14.0 Å². The van der Waals surface area contributed by atoms with Crippen LogP contribution in [0.15, 0.2) is 35.7 Å². The molecule has 0 bridgehead atoms. The summed E-state index contributed by atoms with van der Waals surface area (Å²) in [7, 11) is 0. The molecular formula is C24H29FN2O2S. The third-order valence-corrected chi connectivity index (χ3v) is 7.63. The molecule has 1 aliphatic carbocycles. The van der Waals surface area contributed by atoms with E-state index in [0.717, 1.165) is 43.2 Å². The quantitative estimate of drug-likeness (QED) is 0.664. The minimum Gasteiger partial charge on any atom is -0.330 e. The lowest BCUT2D eigenvalue weighted by Crippen LogP contribution is -2.51. The zero-order chi connectivity index (χ0) is 21.3. The van der Waals surface area contributed by atoms with E-state index in [1.54, 1.807) is 28.4 Å². The third kappa shape index (κ3) is 4.02. The average molecular weight is 429 g/mol. The van der Waals surface area contributed by atoms with Crippen LogP contribution in [0.4, 0.5) is 4.39 Å². The zero-order valence-electron chi connectivity index (χ0n) is 17.6. The predicted octanol–water partition coefficient (Wildman–Crippen LogP) is 4.79. The number of halogens is 1. The van der Waals surface area contributed by atoms with Gasteiger partial charge in [-0.3, -0.25) is 9.59 Å². The van der Waals surface area contributed by atoms with E-state index in [-0.39, 0.29) is 42.2 Å². The van der Waals surface area contributed by atoms with E-state index in [1.165, 1.54) is 17.0 Å². The first-order valence-electron chi connectivity index (χ1n) is 10.9. The minimum atomic E-state index is -0.285. The van der Waals surface area contributed by atoms with E-state index in [1.807, 2.05) is 11.8 Å². The summed E-state index contributed by atoms with van der Waals surface area (Å²) in [6.07, 6.45) is 4.59. The number of hydrogen-bond donors (Lipinski definition) is 0. The summed E-state index contributed by atoms with van der Waals surface area (Å²) in [6, 6.07) is 8.30. The fourth-order valence-corrected chi connectivity index (χ4v) is 5.29. The number of fused-ring (bicyclic) bond motifs is 1. The van der Waals surface area contributed by atoms with Crippen molar-refractivity contribution in [2.24, 2.45) is 5.92 Å². The Balaban J connectivity index is 1.60. The van der Waals surface area contributed by atoms with E-state index in [9.17, 15) is 14.0 Å². The molecule has 2 amide bonds. The molecule has 1 aromatic carbocycles. The largest absolute Gasteiger partial charge is 0.330 e. The lowest BCUT2D eigenvalue weighted by atomic mass is 9.84. The first-order chi connectivity index (χ1) is 14.5. The maximum Gasteiger partial charge on any atom is 0.243 e. The molecule has 2 aliphatic rings. The molecule has 2 aromatic rings. The smallest absolute Gasteiger partial charge is 0.243 e. The molecule has 160 valence electrons. The molecule has 1 fully saturated rings. The van der Waals surface area contributed by atoms with Crippen LogP contribution in [0, 0.1) is 11.7 Å². The molecule has 2 heterocycles. The van der Waals surface area contributed by atoms with Gasteiger partial charge < -0.3 is 9.80 Å². The van der Waals surface area contributed by atoms with Crippen molar-refractivity contribution in [1.82, 2.24) is 9.80 Å². The highest BCUT2D eigenvalue weighted by molar-refractivity contribution is 7.10. The molecule has 1 saturated carbocycles. The minimum absolute atomic E-state index is 0.0332. The van der Waals surface area contributed by atoms with Crippen LogP contribution in [-0.4, -0.2) is 40.7 Å². The Bertz CT molecular complexity index is 906. The van der Waals surface area contributed by atoms with E-state index in [2.05, 4.69) is 18.4 Å². The molecule has 30 heavy (non-hydrogen) atoms. The van der Waals surface area contributed by atoms with Gasteiger partial charge in [-0.05, 0) is 67.3 Å². The number of thiophene rings is 1. The van der Waals surface area contributed by atoms with Crippen LogP contribution >= 0.6 is 11.3 Å². The number of carbonyl (C=O) groups excluding carboxylic acids is 2. The molecule has 1 aromatic heterocycles. The van der Waals surface area contributed by atoms with E-state index in [0.29, 0.717) is 6.54 Å². The number of nitrogens with zero attached hydrogens (tertiary/aromatic N) is 2. The number of amides is 2. The van der Waals surface area contributed by atoms with Crippen LogP contribution in [-0.2, 0) is 16.0 Å². The number of rotatable bonds is 6. The van der Waals surface area contributed by atoms with Gasteiger partial charge in [-0.1, -0.05) is 25.5 Å². The van der Waals surface area contributed by atoms with Gasteiger partial charge >= 0.3 is 0 Å². The Morgan fingerprint density at radius 3 is 2.60 bits per heavy atom. The SMILES string of the molecule is CC[C@@H](C)N(CC(=O)N1CCc2sccc2[C@H]1c1ccc(F)cc1)C(=O)C1CCC1. The summed E-state index contributed by atoms with van der Waals surface area (Å²) in [5.41, 5.74) is 2.02. The molecule has 4 rings (SSSR count). The Morgan fingerprint density at radius 2 is 1.97 bits per heavy atom. The molecule has 0 N–H and O–H groups in total. The lowest BCUT2D eigenvalue weighted by molar-refractivity contribution is -0.147.